The quantitative estimate of drug-likeness (QED) is 0.238. The molecule has 8 N–H and O–H groups in total. The Bertz CT molecular complexity index is 393. The van der Waals surface area contributed by atoms with E-state index in [0.29, 0.717) is 0 Å². The second kappa shape index (κ2) is 7.21. The lowest BCUT2D eigenvalue weighted by Crippen LogP contribution is -2.62. The average Bonchev–Trinajstić information content (AvgIpc) is 2.80. The summed E-state index contributed by atoms with van der Waals surface area (Å²) in [6.45, 7) is -2.32. The summed E-state index contributed by atoms with van der Waals surface area (Å²) in [7, 11) is 0. The highest BCUT2D eigenvalue weighted by Gasteiger charge is 2.58. The lowest BCUT2D eigenvalue weighted by atomic mass is 9.99. The van der Waals surface area contributed by atoms with E-state index in [2.05, 4.69) is 0 Å². The zero-order chi connectivity index (χ0) is 17.4. The molecule has 0 radical (unpaired) electrons. The van der Waals surface area contributed by atoms with Gasteiger partial charge in [0, 0.05) is 0 Å². The standard InChI is InChI=1S/C12H22O11/c13-1-4-6(16)8(18)9(19)11(21-4)23-12(3-15)10(20)7(17)5(2-14)22-12/h4-11,13-20H,1-3H2/t4?,5-,6-,7?,8+,9?,10-,11+,12+/m1/s1. The molecule has 0 aliphatic carbocycles. The van der Waals surface area contributed by atoms with Crippen molar-refractivity contribution in [2.45, 2.75) is 54.8 Å². The van der Waals surface area contributed by atoms with Crippen molar-refractivity contribution in [2.24, 2.45) is 0 Å². The monoisotopic (exact) mass is 342 g/mol. The van der Waals surface area contributed by atoms with Crippen molar-refractivity contribution < 1.29 is 55.1 Å². The van der Waals surface area contributed by atoms with Crippen LogP contribution in [-0.4, -0.2) is 115 Å². The van der Waals surface area contributed by atoms with Crippen LogP contribution < -0.4 is 0 Å². The van der Waals surface area contributed by atoms with Crippen LogP contribution >= 0.6 is 0 Å². The van der Waals surface area contributed by atoms with Gasteiger partial charge in [0.15, 0.2) is 6.29 Å². The normalized spacial score (nSPS) is 51.1. The predicted octanol–water partition coefficient (Wildman–Crippen LogP) is -5.40. The van der Waals surface area contributed by atoms with Gasteiger partial charge in [-0.2, -0.15) is 0 Å². The fraction of sp³-hybridized carbons (Fsp3) is 1.00. The van der Waals surface area contributed by atoms with E-state index in [9.17, 15) is 30.6 Å². The molecular weight excluding hydrogens is 320 g/mol. The van der Waals surface area contributed by atoms with Gasteiger partial charge in [-0.25, -0.2) is 0 Å². The van der Waals surface area contributed by atoms with Crippen molar-refractivity contribution in [1.82, 2.24) is 0 Å². The summed E-state index contributed by atoms with van der Waals surface area (Å²) in [6, 6.07) is 0. The number of aliphatic hydroxyl groups excluding tert-OH is 8. The molecule has 2 aliphatic rings. The van der Waals surface area contributed by atoms with Crippen molar-refractivity contribution in [1.29, 1.82) is 0 Å². The molecule has 2 heterocycles. The average molecular weight is 342 g/mol. The van der Waals surface area contributed by atoms with Crippen LogP contribution in [0.2, 0.25) is 0 Å². The Hall–Kier alpha value is -0.440. The molecule has 0 saturated carbocycles. The first kappa shape index (κ1) is 18.9. The van der Waals surface area contributed by atoms with Crippen LogP contribution in [0.25, 0.3) is 0 Å². The molecule has 3 unspecified atom stereocenters. The van der Waals surface area contributed by atoms with E-state index in [-0.39, 0.29) is 0 Å². The van der Waals surface area contributed by atoms with Crippen molar-refractivity contribution in [3.63, 3.8) is 0 Å². The summed E-state index contributed by atoms with van der Waals surface area (Å²) < 4.78 is 15.4. The molecule has 0 aromatic heterocycles. The molecule has 136 valence electrons. The van der Waals surface area contributed by atoms with E-state index in [4.69, 9.17) is 24.4 Å². The molecule has 11 heteroatoms. The first-order valence-electron chi connectivity index (χ1n) is 7.05. The second-order valence-electron chi connectivity index (χ2n) is 5.56. The first-order chi connectivity index (χ1) is 10.8. The van der Waals surface area contributed by atoms with Crippen LogP contribution in [0.3, 0.4) is 0 Å². The Morgan fingerprint density at radius 2 is 1.39 bits per heavy atom. The zero-order valence-electron chi connectivity index (χ0n) is 12.0. The van der Waals surface area contributed by atoms with Crippen molar-refractivity contribution in [3.05, 3.63) is 0 Å². The molecule has 0 aromatic carbocycles. The van der Waals surface area contributed by atoms with Crippen molar-refractivity contribution in [2.75, 3.05) is 19.8 Å². The van der Waals surface area contributed by atoms with Crippen LogP contribution in [0.15, 0.2) is 0 Å². The highest BCUT2D eigenvalue weighted by Crippen LogP contribution is 2.35. The van der Waals surface area contributed by atoms with E-state index in [1.54, 1.807) is 0 Å². The molecule has 9 atom stereocenters. The van der Waals surface area contributed by atoms with Gasteiger partial charge in [0.05, 0.1) is 13.2 Å². The highest BCUT2D eigenvalue weighted by atomic mass is 16.8. The minimum Gasteiger partial charge on any atom is -0.394 e. The number of hydrogen-bond acceptors (Lipinski definition) is 11. The van der Waals surface area contributed by atoms with Gasteiger partial charge in [-0.15, -0.1) is 0 Å². The van der Waals surface area contributed by atoms with E-state index in [1.165, 1.54) is 0 Å². The van der Waals surface area contributed by atoms with Crippen LogP contribution in [-0.2, 0) is 14.2 Å². The third kappa shape index (κ3) is 3.23. The largest absolute Gasteiger partial charge is 0.394 e. The predicted molar refractivity (Wildman–Crippen MR) is 68.6 cm³/mol. The van der Waals surface area contributed by atoms with E-state index in [1.807, 2.05) is 0 Å². The molecule has 2 fully saturated rings. The number of rotatable bonds is 5. The summed E-state index contributed by atoms with van der Waals surface area (Å²) in [5.41, 5.74) is 0. The van der Waals surface area contributed by atoms with Crippen LogP contribution in [0, 0.1) is 0 Å². The van der Waals surface area contributed by atoms with Crippen LogP contribution in [0.1, 0.15) is 0 Å². The number of hydrogen-bond donors (Lipinski definition) is 8. The Morgan fingerprint density at radius 3 is 1.87 bits per heavy atom. The van der Waals surface area contributed by atoms with E-state index >= 15 is 0 Å². The van der Waals surface area contributed by atoms with Gasteiger partial charge in [0.2, 0.25) is 5.79 Å². The number of ether oxygens (including phenoxy) is 3. The molecule has 0 spiro atoms. The van der Waals surface area contributed by atoms with Gasteiger partial charge in [0.1, 0.15) is 49.3 Å². The van der Waals surface area contributed by atoms with E-state index in [0.717, 1.165) is 0 Å². The maximum Gasteiger partial charge on any atom is 0.224 e. The minimum atomic E-state index is -2.22. The summed E-state index contributed by atoms with van der Waals surface area (Å²) in [5.74, 6) is -2.22. The van der Waals surface area contributed by atoms with Gasteiger partial charge in [-0.3, -0.25) is 0 Å². The zero-order valence-corrected chi connectivity index (χ0v) is 12.0. The van der Waals surface area contributed by atoms with Gasteiger partial charge in [-0.1, -0.05) is 0 Å². The van der Waals surface area contributed by atoms with Gasteiger partial charge < -0.3 is 55.1 Å². The first-order valence-corrected chi connectivity index (χ1v) is 7.05. The molecule has 2 rings (SSSR count). The third-order valence-corrected chi connectivity index (χ3v) is 4.07. The molecule has 2 saturated heterocycles. The highest BCUT2D eigenvalue weighted by molar-refractivity contribution is 4.98. The fourth-order valence-electron chi connectivity index (χ4n) is 2.63. The SMILES string of the molecule is OCC1O[C@@H](O[C@]2(CO)O[C@H](CO)C(O)[C@H]2O)C(O)[C@@H](O)[C@@H]1O. The summed E-state index contributed by atoms with van der Waals surface area (Å²) in [5, 5.41) is 76.7. The van der Waals surface area contributed by atoms with Crippen LogP contribution in [0.5, 0.6) is 0 Å². The van der Waals surface area contributed by atoms with Crippen LogP contribution in [0.4, 0.5) is 0 Å². The maximum atomic E-state index is 10.00. The molecule has 0 amide bonds. The molecule has 11 nitrogen and oxygen atoms in total. The van der Waals surface area contributed by atoms with Gasteiger partial charge >= 0.3 is 0 Å². The third-order valence-electron chi connectivity index (χ3n) is 4.07. The topological polar surface area (TPSA) is 190 Å². The van der Waals surface area contributed by atoms with E-state index < -0.39 is 74.6 Å². The summed E-state index contributed by atoms with van der Waals surface area (Å²) in [6.07, 6.45) is -12.7. The van der Waals surface area contributed by atoms with Crippen molar-refractivity contribution in [3.8, 4) is 0 Å². The molecule has 23 heavy (non-hydrogen) atoms. The molecule has 0 bridgehead atoms. The Labute approximate surface area is 130 Å². The fourth-order valence-corrected chi connectivity index (χ4v) is 2.63. The van der Waals surface area contributed by atoms with Gasteiger partial charge in [-0.05, 0) is 0 Å². The van der Waals surface area contributed by atoms with Gasteiger partial charge in [0.25, 0.3) is 0 Å². The smallest absolute Gasteiger partial charge is 0.224 e. The molecular formula is C12H22O11. The lowest BCUT2D eigenvalue weighted by Gasteiger charge is -2.43. The Balaban J connectivity index is 2.18. The molecule has 0 aromatic rings. The second-order valence-corrected chi connectivity index (χ2v) is 5.56. The number of aliphatic hydroxyl groups is 8. The molecule has 2 aliphatic heterocycles. The Kier molecular flexibility index (Phi) is 5.92. The lowest BCUT2D eigenvalue weighted by molar-refractivity contribution is -0.383. The minimum absolute atomic E-state index is 0.669. The Morgan fingerprint density at radius 1 is 0.783 bits per heavy atom. The maximum absolute atomic E-state index is 10.00. The summed E-state index contributed by atoms with van der Waals surface area (Å²) >= 11 is 0. The summed E-state index contributed by atoms with van der Waals surface area (Å²) in [4.78, 5) is 0. The van der Waals surface area contributed by atoms with Crippen molar-refractivity contribution >= 4 is 0 Å².